The van der Waals surface area contributed by atoms with E-state index in [4.69, 9.17) is 10.2 Å². The van der Waals surface area contributed by atoms with Crippen molar-refractivity contribution >= 4 is 33.9 Å². The Morgan fingerprint density at radius 2 is 1.92 bits per heavy atom. The Hall–Kier alpha value is -2.89. The Bertz CT molecular complexity index is 1050. The van der Waals surface area contributed by atoms with Gasteiger partial charge in [0.15, 0.2) is 0 Å². The maximum atomic E-state index is 12.9. The van der Waals surface area contributed by atoms with E-state index in [0.717, 1.165) is 18.4 Å². The lowest BCUT2D eigenvalue weighted by Gasteiger charge is -2.22. The van der Waals surface area contributed by atoms with Crippen molar-refractivity contribution < 1.29 is 14.3 Å². The van der Waals surface area contributed by atoms with Gasteiger partial charge in [0.2, 0.25) is 11.1 Å². The first-order valence-corrected chi connectivity index (χ1v) is 8.45. The number of aromatic nitrogens is 1. The van der Waals surface area contributed by atoms with Crippen LogP contribution in [-0.4, -0.2) is 16.1 Å². The molecule has 2 heterocycles. The van der Waals surface area contributed by atoms with Crippen LogP contribution >= 0.6 is 0 Å². The molecule has 0 saturated heterocycles. The average Bonchev–Trinajstić information content (AvgIpc) is 2.62. The van der Waals surface area contributed by atoms with Crippen LogP contribution < -0.4 is 11.2 Å². The molecule has 1 fully saturated rings. The molecule has 3 aromatic rings. The first kappa shape index (κ1) is 15.6. The molecule has 2 aromatic heterocycles. The fraction of sp³-hybridized carbons (Fsp3) is 0.316. The highest BCUT2D eigenvalue weighted by Crippen LogP contribution is 2.34. The normalized spacial score (nSPS) is 15.7. The molecular formula is C19H18N2O4. The number of fused-ring (bicyclic) bond motifs is 2. The van der Waals surface area contributed by atoms with Crippen LogP contribution in [0, 0.1) is 0 Å². The molecule has 0 spiro atoms. The van der Waals surface area contributed by atoms with Gasteiger partial charge in [-0.1, -0.05) is 25.3 Å². The molecule has 6 heteroatoms. The lowest BCUT2D eigenvalue weighted by molar-refractivity contribution is 0.0698. The van der Waals surface area contributed by atoms with Gasteiger partial charge in [-0.2, -0.15) is 4.98 Å². The zero-order valence-corrected chi connectivity index (χ0v) is 13.6. The van der Waals surface area contributed by atoms with E-state index in [2.05, 4.69) is 4.98 Å². The van der Waals surface area contributed by atoms with Crippen LogP contribution in [0.5, 0.6) is 0 Å². The number of hydrogen-bond acceptors (Lipinski definition) is 5. The van der Waals surface area contributed by atoms with Gasteiger partial charge in [-0.15, -0.1) is 0 Å². The summed E-state index contributed by atoms with van der Waals surface area (Å²) in [6, 6.07) is 6.93. The van der Waals surface area contributed by atoms with E-state index in [0.29, 0.717) is 16.9 Å². The molecule has 1 aliphatic rings. The predicted molar refractivity (Wildman–Crippen MR) is 95.0 cm³/mol. The van der Waals surface area contributed by atoms with Crippen molar-refractivity contribution in [3.05, 3.63) is 45.6 Å². The molecule has 0 amide bonds. The molecule has 1 aromatic carbocycles. The first-order chi connectivity index (χ1) is 12.0. The summed E-state index contributed by atoms with van der Waals surface area (Å²) in [6.07, 6.45) is 5.94. The summed E-state index contributed by atoms with van der Waals surface area (Å²) < 4.78 is 5.70. The maximum Gasteiger partial charge on any atom is 0.339 e. The highest BCUT2D eigenvalue weighted by molar-refractivity contribution is 5.98. The van der Waals surface area contributed by atoms with E-state index in [1.54, 1.807) is 6.07 Å². The third-order valence-electron chi connectivity index (χ3n) is 5.02. The molecule has 128 valence electrons. The van der Waals surface area contributed by atoms with E-state index in [-0.39, 0.29) is 27.9 Å². The zero-order valence-electron chi connectivity index (χ0n) is 13.6. The molecule has 4 rings (SSSR count). The van der Waals surface area contributed by atoms with Crippen molar-refractivity contribution in [2.45, 2.75) is 38.0 Å². The van der Waals surface area contributed by atoms with Gasteiger partial charge in [-0.25, -0.2) is 4.79 Å². The number of nitrogen functional groups attached to an aromatic ring is 1. The van der Waals surface area contributed by atoms with Crippen LogP contribution in [-0.2, 0) is 0 Å². The SMILES string of the molecule is Nc1nc2oc3ccc(C4CCCCC4)cc3c(=O)c2cc1C(=O)O. The standard InChI is InChI=1S/C19H18N2O4/c20-17-14(19(23)24)9-13-16(22)12-8-11(10-4-2-1-3-5-10)6-7-15(12)25-18(13)21-17/h6-10H,1-5H2,(H2,20,21)(H,23,24). The summed E-state index contributed by atoms with van der Waals surface area (Å²) in [7, 11) is 0. The third kappa shape index (κ3) is 2.63. The summed E-state index contributed by atoms with van der Waals surface area (Å²) in [5.41, 5.74) is 6.82. The van der Waals surface area contributed by atoms with E-state index in [1.807, 2.05) is 12.1 Å². The number of aromatic carboxylic acids is 1. The second-order valence-electron chi connectivity index (χ2n) is 6.60. The highest BCUT2D eigenvalue weighted by atomic mass is 16.4. The van der Waals surface area contributed by atoms with Gasteiger partial charge in [0.05, 0.1) is 10.8 Å². The van der Waals surface area contributed by atoms with E-state index in [9.17, 15) is 14.7 Å². The Morgan fingerprint density at radius 1 is 1.16 bits per heavy atom. The van der Waals surface area contributed by atoms with Crippen LogP contribution in [0.15, 0.2) is 33.5 Å². The summed E-state index contributed by atoms with van der Waals surface area (Å²) in [5, 5.41) is 9.79. The molecule has 0 aliphatic heterocycles. The quantitative estimate of drug-likeness (QED) is 0.691. The molecule has 0 unspecified atom stereocenters. The Balaban J connectivity index is 1.93. The first-order valence-electron chi connectivity index (χ1n) is 8.45. The van der Waals surface area contributed by atoms with Crippen molar-refractivity contribution in [3.8, 4) is 0 Å². The predicted octanol–water partition coefficient (Wildman–Crippen LogP) is 3.67. The number of carboxylic acid groups (broad SMARTS) is 1. The number of rotatable bonds is 2. The second-order valence-corrected chi connectivity index (χ2v) is 6.60. The molecule has 1 saturated carbocycles. The molecule has 0 radical (unpaired) electrons. The highest BCUT2D eigenvalue weighted by Gasteiger charge is 2.19. The third-order valence-corrected chi connectivity index (χ3v) is 5.02. The lowest BCUT2D eigenvalue weighted by Crippen LogP contribution is -2.10. The molecule has 0 atom stereocenters. The average molecular weight is 338 g/mol. The number of carbonyl (C=O) groups is 1. The van der Waals surface area contributed by atoms with Crippen LogP contribution in [0.25, 0.3) is 22.1 Å². The summed E-state index contributed by atoms with van der Waals surface area (Å²) in [6.45, 7) is 0. The fourth-order valence-corrected chi connectivity index (χ4v) is 3.67. The van der Waals surface area contributed by atoms with Crippen LogP contribution in [0.3, 0.4) is 0 Å². The molecule has 1 aliphatic carbocycles. The van der Waals surface area contributed by atoms with Crippen molar-refractivity contribution in [2.24, 2.45) is 0 Å². The van der Waals surface area contributed by atoms with Crippen LogP contribution in [0.1, 0.15) is 53.9 Å². The number of anilines is 1. The number of carboxylic acids is 1. The van der Waals surface area contributed by atoms with Gasteiger partial charge in [0.25, 0.3) is 0 Å². The smallest absolute Gasteiger partial charge is 0.339 e. The maximum absolute atomic E-state index is 12.9. The fourth-order valence-electron chi connectivity index (χ4n) is 3.67. The molecule has 6 nitrogen and oxygen atoms in total. The molecule has 3 N–H and O–H groups in total. The largest absolute Gasteiger partial charge is 0.478 e. The Labute approximate surface area is 143 Å². The van der Waals surface area contributed by atoms with Crippen LogP contribution in [0.2, 0.25) is 0 Å². The van der Waals surface area contributed by atoms with E-state index in [1.165, 1.54) is 25.3 Å². The molecule has 25 heavy (non-hydrogen) atoms. The second kappa shape index (κ2) is 5.88. The minimum Gasteiger partial charge on any atom is -0.478 e. The molecule has 0 bridgehead atoms. The van der Waals surface area contributed by atoms with E-state index >= 15 is 0 Å². The topological polar surface area (TPSA) is 106 Å². The van der Waals surface area contributed by atoms with Crippen molar-refractivity contribution in [1.82, 2.24) is 4.98 Å². The van der Waals surface area contributed by atoms with Gasteiger partial charge in [0, 0.05) is 0 Å². The van der Waals surface area contributed by atoms with Gasteiger partial charge >= 0.3 is 5.97 Å². The lowest BCUT2D eigenvalue weighted by atomic mass is 9.84. The monoisotopic (exact) mass is 338 g/mol. The van der Waals surface area contributed by atoms with Gasteiger partial charge in [-0.05, 0) is 42.5 Å². The number of hydrogen-bond donors (Lipinski definition) is 2. The number of pyridine rings is 1. The van der Waals surface area contributed by atoms with Crippen molar-refractivity contribution in [3.63, 3.8) is 0 Å². The van der Waals surface area contributed by atoms with Crippen LogP contribution in [0.4, 0.5) is 5.82 Å². The minimum atomic E-state index is -1.22. The summed E-state index contributed by atoms with van der Waals surface area (Å²) in [5.74, 6) is -0.920. The number of nitrogens with zero attached hydrogens (tertiary/aromatic N) is 1. The van der Waals surface area contributed by atoms with E-state index < -0.39 is 5.97 Å². The van der Waals surface area contributed by atoms with Gasteiger partial charge in [0.1, 0.15) is 17.0 Å². The van der Waals surface area contributed by atoms with Crippen molar-refractivity contribution in [1.29, 1.82) is 0 Å². The number of benzene rings is 1. The van der Waals surface area contributed by atoms with Gasteiger partial charge in [-0.3, -0.25) is 4.79 Å². The Kier molecular flexibility index (Phi) is 3.67. The summed E-state index contributed by atoms with van der Waals surface area (Å²) >= 11 is 0. The van der Waals surface area contributed by atoms with Gasteiger partial charge < -0.3 is 15.3 Å². The van der Waals surface area contributed by atoms with Crippen molar-refractivity contribution in [2.75, 3.05) is 5.73 Å². The minimum absolute atomic E-state index is 0.0606. The molecular weight excluding hydrogens is 320 g/mol. The summed E-state index contributed by atoms with van der Waals surface area (Å²) in [4.78, 5) is 28.1. The number of nitrogens with two attached hydrogens (primary N) is 1. The Morgan fingerprint density at radius 3 is 2.64 bits per heavy atom. The zero-order chi connectivity index (χ0) is 17.6.